The normalized spacial score (nSPS) is 28.6. The highest BCUT2D eigenvalue weighted by atomic mass is 16.3. The van der Waals surface area contributed by atoms with Crippen LogP contribution in [0.25, 0.3) is 0 Å². The average molecular weight is 263 g/mol. The van der Waals surface area contributed by atoms with Gasteiger partial charge in [-0.3, -0.25) is 0 Å². The van der Waals surface area contributed by atoms with Crippen molar-refractivity contribution >= 4 is 0 Å². The van der Waals surface area contributed by atoms with E-state index < -0.39 is 0 Å². The van der Waals surface area contributed by atoms with Crippen LogP contribution in [0.3, 0.4) is 0 Å². The molecule has 0 spiro atoms. The van der Waals surface area contributed by atoms with E-state index >= 15 is 0 Å². The number of aryl methyl sites for hydroxylation is 1. The van der Waals surface area contributed by atoms with Gasteiger partial charge in [0.05, 0.1) is 5.69 Å². The predicted molar refractivity (Wildman–Crippen MR) is 75.1 cm³/mol. The first-order valence-electron chi connectivity index (χ1n) is 7.64. The zero-order valence-corrected chi connectivity index (χ0v) is 12.0. The molecule has 2 atom stereocenters. The number of fused-ring (bicyclic) bond motifs is 1. The average Bonchev–Trinajstić information content (AvgIpc) is 2.84. The summed E-state index contributed by atoms with van der Waals surface area (Å²) in [5.74, 6) is 1.43. The van der Waals surface area contributed by atoms with E-state index in [2.05, 4.69) is 29.5 Å². The predicted octanol–water partition coefficient (Wildman–Crippen LogP) is 2.30. The number of nitrogens with zero attached hydrogens (tertiary/aromatic N) is 3. The molecule has 2 unspecified atom stereocenters. The fourth-order valence-electron chi connectivity index (χ4n) is 3.39. The van der Waals surface area contributed by atoms with Gasteiger partial charge in [-0.25, -0.2) is 4.98 Å². The Morgan fingerprint density at radius 3 is 2.79 bits per heavy atom. The van der Waals surface area contributed by atoms with Crippen LogP contribution in [0, 0.1) is 0 Å². The summed E-state index contributed by atoms with van der Waals surface area (Å²) in [5.41, 5.74) is 1.20. The van der Waals surface area contributed by atoms with Gasteiger partial charge >= 0.3 is 0 Å². The van der Waals surface area contributed by atoms with Crippen molar-refractivity contribution in [1.82, 2.24) is 14.5 Å². The first-order chi connectivity index (χ1) is 9.15. The summed E-state index contributed by atoms with van der Waals surface area (Å²) in [6.45, 7) is 7.88. The van der Waals surface area contributed by atoms with E-state index in [4.69, 9.17) is 4.98 Å². The highest BCUT2D eigenvalue weighted by molar-refractivity contribution is 5.14. The second-order valence-corrected chi connectivity index (χ2v) is 6.30. The van der Waals surface area contributed by atoms with Crippen molar-refractivity contribution in [1.29, 1.82) is 0 Å². The molecular weight excluding hydrogens is 238 g/mol. The molecule has 1 saturated heterocycles. The Morgan fingerprint density at radius 2 is 2.05 bits per heavy atom. The summed E-state index contributed by atoms with van der Waals surface area (Å²) in [7, 11) is 0. The van der Waals surface area contributed by atoms with Gasteiger partial charge in [0.25, 0.3) is 0 Å². The zero-order valence-electron chi connectivity index (χ0n) is 12.0. The molecule has 2 aliphatic rings. The van der Waals surface area contributed by atoms with Crippen LogP contribution < -0.4 is 0 Å². The first-order valence-corrected chi connectivity index (χ1v) is 7.64. The van der Waals surface area contributed by atoms with Crippen LogP contribution in [-0.2, 0) is 6.54 Å². The molecule has 1 fully saturated rings. The minimum Gasteiger partial charge on any atom is -0.385 e. The lowest BCUT2D eigenvalue weighted by molar-refractivity contribution is 0.133. The summed E-state index contributed by atoms with van der Waals surface area (Å²) >= 11 is 0. The Bertz CT molecular complexity index is 441. The maximum atomic E-state index is 10.0. The Hall–Kier alpha value is -0.870. The lowest BCUT2D eigenvalue weighted by Gasteiger charge is -2.34. The third-order valence-corrected chi connectivity index (χ3v) is 4.60. The molecule has 1 aromatic heterocycles. The molecule has 0 aliphatic carbocycles. The van der Waals surface area contributed by atoms with Crippen LogP contribution >= 0.6 is 0 Å². The van der Waals surface area contributed by atoms with Crippen molar-refractivity contribution in [2.45, 2.75) is 64.1 Å². The summed E-state index contributed by atoms with van der Waals surface area (Å²) < 4.78 is 2.16. The van der Waals surface area contributed by atoms with Crippen LogP contribution in [-0.4, -0.2) is 38.7 Å². The number of aliphatic hydroxyl groups excluding tert-OH is 1. The molecule has 3 rings (SSSR count). The van der Waals surface area contributed by atoms with Gasteiger partial charge in [-0.05, 0) is 46.1 Å². The Morgan fingerprint density at radius 1 is 1.26 bits per heavy atom. The molecule has 4 nitrogen and oxygen atoms in total. The van der Waals surface area contributed by atoms with Crippen LogP contribution in [0.4, 0.5) is 0 Å². The van der Waals surface area contributed by atoms with Gasteiger partial charge in [0, 0.05) is 31.2 Å². The zero-order chi connectivity index (χ0) is 13.4. The monoisotopic (exact) mass is 263 g/mol. The van der Waals surface area contributed by atoms with E-state index in [1.807, 2.05) is 0 Å². The Labute approximate surface area is 115 Å². The molecule has 0 bridgehead atoms. The number of imidazole rings is 1. The smallest absolute Gasteiger partial charge is 0.137 e. The van der Waals surface area contributed by atoms with Crippen LogP contribution in [0.15, 0.2) is 6.20 Å². The van der Waals surface area contributed by atoms with Crippen molar-refractivity contribution < 1.29 is 5.11 Å². The Balaban J connectivity index is 1.78. The molecule has 106 valence electrons. The maximum Gasteiger partial charge on any atom is 0.137 e. The molecule has 3 heterocycles. The fraction of sp³-hybridized carbons (Fsp3) is 0.800. The number of hydrogen-bond donors (Lipinski definition) is 1. The number of piperidine rings is 1. The number of likely N-dealkylation sites (tertiary alicyclic amines) is 1. The minimum atomic E-state index is -0.354. The number of rotatable bonds is 2. The second kappa shape index (κ2) is 5.25. The molecule has 0 amide bonds. The summed E-state index contributed by atoms with van der Waals surface area (Å²) in [6.07, 6.45) is 6.24. The molecular formula is C15H25N3O. The van der Waals surface area contributed by atoms with Gasteiger partial charge in [-0.15, -0.1) is 0 Å². The number of aromatic nitrogens is 2. The maximum absolute atomic E-state index is 10.0. The van der Waals surface area contributed by atoms with E-state index in [0.29, 0.717) is 12.0 Å². The van der Waals surface area contributed by atoms with Gasteiger partial charge in [0.15, 0.2) is 0 Å². The van der Waals surface area contributed by atoms with Crippen LogP contribution in [0.2, 0.25) is 0 Å². The highest BCUT2D eigenvalue weighted by Gasteiger charge is 2.27. The van der Waals surface area contributed by atoms with Crippen molar-refractivity contribution in [2.75, 3.05) is 13.1 Å². The van der Waals surface area contributed by atoms with Crippen LogP contribution in [0.5, 0.6) is 0 Å². The van der Waals surface area contributed by atoms with Crippen molar-refractivity contribution in [2.24, 2.45) is 0 Å². The third kappa shape index (κ3) is 2.56. The summed E-state index contributed by atoms with van der Waals surface area (Å²) in [6, 6.07) is 0.616. The van der Waals surface area contributed by atoms with Crippen molar-refractivity contribution in [3.8, 4) is 0 Å². The first kappa shape index (κ1) is 13.1. The van der Waals surface area contributed by atoms with Gasteiger partial charge < -0.3 is 14.6 Å². The second-order valence-electron chi connectivity index (χ2n) is 6.30. The number of hydrogen-bond acceptors (Lipinski definition) is 3. The molecule has 0 radical (unpaired) electrons. The van der Waals surface area contributed by atoms with Crippen molar-refractivity contribution in [3.63, 3.8) is 0 Å². The molecule has 0 aromatic carbocycles. The van der Waals surface area contributed by atoms with Gasteiger partial charge in [-0.2, -0.15) is 0 Å². The van der Waals surface area contributed by atoms with E-state index in [9.17, 15) is 5.11 Å². The minimum absolute atomic E-state index is 0.354. The topological polar surface area (TPSA) is 41.3 Å². The van der Waals surface area contributed by atoms with Gasteiger partial charge in [0.1, 0.15) is 11.9 Å². The summed E-state index contributed by atoms with van der Waals surface area (Å²) in [5, 5.41) is 10.0. The van der Waals surface area contributed by atoms with Gasteiger partial charge in [-0.1, -0.05) is 0 Å². The van der Waals surface area contributed by atoms with Gasteiger partial charge in [0.2, 0.25) is 0 Å². The third-order valence-electron chi connectivity index (χ3n) is 4.60. The lowest BCUT2D eigenvalue weighted by Crippen LogP contribution is -2.39. The van der Waals surface area contributed by atoms with E-state index in [-0.39, 0.29) is 6.10 Å². The Kier molecular flexibility index (Phi) is 3.63. The highest BCUT2D eigenvalue weighted by Crippen LogP contribution is 2.31. The quantitative estimate of drug-likeness (QED) is 0.890. The van der Waals surface area contributed by atoms with Crippen molar-refractivity contribution in [3.05, 3.63) is 17.7 Å². The van der Waals surface area contributed by atoms with E-state index in [1.165, 1.54) is 25.1 Å². The molecule has 19 heavy (non-hydrogen) atoms. The largest absolute Gasteiger partial charge is 0.385 e. The molecule has 2 aliphatic heterocycles. The lowest BCUT2D eigenvalue weighted by atomic mass is 9.94. The fourth-order valence-corrected chi connectivity index (χ4v) is 3.39. The van der Waals surface area contributed by atoms with Crippen LogP contribution in [0.1, 0.15) is 63.1 Å². The van der Waals surface area contributed by atoms with E-state index in [0.717, 1.165) is 31.8 Å². The molecule has 4 heteroatoms. The SMILES string of the molecule is CC(C)N1CCCC(c2cn3c(n2)C(O)CCC3)C1. The van der Waals surface area contributed by atoms with E-state index in [1.54, 1.807) is 0 Å². The summed E-state index contributed by atoms with van der Waals surface area (Å²) in [4.78, 5) is 7.28. The molecule has 0 saturated carbocycles. The molecule has 1 N–H and O–H groups in total. The number of aliphatic hydroxyl groups is 1. The standard InChI is InChI=1S/C15H25N3O/c1-11(2)17-7-3-5-12(9-17)13-10-18-8-4-6-14(19)15(18)16-13/h10-12,14,19H,3-9H2,1-2H3. The molecule has 1 aromatic rings.